The molecule has 2 aromatic heterocycles. The number of rotatable bonds is 10. The molecule has 0 saturated heterocycles. The van der Waals surface area contributed by atoms with Crippen molar-refractivity contribution in [3.05, 3.63) is 52.4 Å². The monoisotopic (exact) mass is 437 g/mol. The summed E-state index contributed by atoms with van der Waals surface area (Å²) in [6.45, 7) is 6.98. The van der Waals surface area contributed by atoms with E-state index in [9.17, 15) is 14.4 Å². The molecule has 0 aliphatic rings. The van der Waals surface area contributed by atoms with Crippen LogP contribution in [0.15, 0.2) is 41.2 Å². The zero-order valence-electron chi connectivity index (χ0n) is 19.0. The lowest BCUT2D eigenvalue weighted by atomic mass is 10.1. The number of carbonyl (C=O) groups is 2. The van der Waals surface area contributed by atoms with Gasteiger partial charge >= 0.3 is 5.69 Å². The first-order valence-electron chi connectivity index (χ1n) is 11.3. The predicted molar refractivity (Wildman–Crippen MR) is 127 cm³/mol. The maximum absolute atomic E-state index is 12.4. The highest BCUT2D eigenvalue weighted by Gasteiger charge is 2.14. The van der Waals surface area contributed by atoms with Gasteiger partial charge in [-0.05, 0) is 56.5 Å². The Morgan fingerprint density at radius 2 is 1.53 bits per heavy atom. The van der Waals surface area contributed by atoms with Gasteiger partial charge in [0.25, 0.3) is 0 Å². The number of benzene rings is 1. The minimum Gasteiger partial charge on any atom is -0.326 e. The van der Waals surface area contributed by atoms with Crippen LogP contribution in [0.25, 0.3) is 11.2 Å². The minimum absolute atomic E-state index is 0.0384. The van der Waals surface area contributed by atoms with Crippen molar-refractivity contribution in [3.8, 4) is 0 Å². The summed E-state index contributed by atoms with van der Waals surface area (Å²) in [7, 11) is 0. The number of anilines is 2. The molecule has 1 aromatic carbocycles. The summed E-state index contributed by atoms with van der Waals surface area (Å²) in [5, 5.41) is 5.55. The third-order valence-electron chi connectivity index (χ3n) is 5.40. The normalized spacial score (nSPS) is 11.0. The molecular formula is C24H31N5O3. The van der Waals surface area contributed by atoms with E-state index in [0.29, 0.717) is 24.6 Å². The molecule has 170 valence electrons. The van der Waals surface area contributed by atoms with Crippen molar-refractivity contribution in [2.45, 2.75) is 66.0 Å². The van der Waals surface area contributed by atoms with Crippen molar-refractivity contribution in [3.63, 3.8) is 0 Å². The average Bonchev–Trinajstić information content (AvgIpc) is 3.06. The van der Waals surface area contributed by atoms with Gasteiger partial charge in [-0.15, -0.1) is 0 Å². The Balaban J connectivity index is 1.56. The van der Waals surface area contributed by atoms with Crippen LogP contribution in [0.2, 0.25) is 0 Å². The second kappa shape index (κ2) is 10.7. The van der Waals surface area contributed by atoms with E-state index < -0.39 is 0 Å². The molecule has 0 spiro atoms. The minimum atomic E-state index is -0.303. The summed E-state index contributed by atoms with van der Waals surface area (Å²) in [5.41, 5.74) is 3.13. The fourth-order valence-corrected chi connectivity index (χ4v) is 3.64. The summed E-state index contributed by atoms with van der Waals surface area (Å²) < 4.78 is 3.23. The van der Waals surface area contributed by atoms with Crippen LogP contribution in [0, 0.1) is 0 Å². The molecule has 3 aromatic rings. The molecule has 8 nitrogen and oxygen atoms in total. The Morgan fingerprint density at radius 3 is 2.16 bits per heavy atom. The number of nitrogens with one attached hydrogen (secondary N) is 2. The number of hydrogen-bond acceptors (Lipinski definition) is 4. The molecule has 2 N–H and O–H groups in total. The fourth-order valence-electron chi connectivity index (χ4n) is 3.64. The SMILES string of the molecule is CCCCc1ccc(NC(=O)CCC(=O)Nc2ccc3c(n2)n(CC)c(=O)n3CC)cc1. The summed E-state index contributed by atoms with van der Waals surface area (Å²) >= 11 is 0. The third kappa shape index (κ3) is 5.43. The standard InChI is InChI=1S/C24H31N5O3/c1-4-7-8-17-9-11-18(12-10-17)25-21(30)15-16-22(31)26-20-14-13-19-23(27-20)29(6-3)24(32)28(19)5-2/h9-14H,4-8,15-16H2,1-3H3,(H,25,30)(H,26,27,31). The molecule has 0 atom stereocenters. The van der Waals surface area contributed by atoms with E-state index >= 15 is 0 Å². The molecule has 3 rings (SSSR count). The van der Waals surface area contributed by atoms with Gasteiger partial charge in [0.05, 0.1) is 5.52 Å². The second-order valence-corrected chi connectivity index (χ2v) is 7.71. The molecular weight excluding hydrogens is 406 g/mol. The molecule has 0 aliphatic heterocycles. The van der Waals surface area contributed by atoms with E-state index in [1.165, 1.54) is 5.56 Å². The largest absolute Gasteiger partial charge is 0.330 e. The van der Waals surface area contributed by atoms with E-state index in [1.807, 2.05) is 38.1 Å². The second-order valence-electron chi connectivity index (χ2n) is 7.71. The number of carbonyl (C=O) groups excluding carboxylic acids is 2. The van der Waals surface area contributed by atoms with Crippen LogP contribution in [0.1, 0.15) is 52.0 Å². The molecule has 0 unspecified atom stereocenters. The number of pyridine rings is 1. The fraction of sp³-hybridized carbons (Fsp3) is 0.417. The van der Waals surface area contributed by atoms with Gasteiger partial charge in [0.1, 0.15) is 5.82 Å². The number of aryl methyl sites for hydroxylation is 3. The predicted octanol–water partition coefficient (Wildman–Crippen LogP) is 3.94. The van der Waals surface area contributed by atoms with Crippen molar-refractivity contribution in [2.75, 3.05) is 10.6 Å². The maximum atomic E-state index is 12.4. The lowest BCUT2D eigenvalue weighted by Crippen LogP contribution is -2.23. The number of aromatic nitrogens is 3. The molecule has 32 heavy (non-hydrogen) atoms. The molecule has 0 aliphatic carbocycles. The lowest BCUT2D eigenvalue weighted by molar-refractivity contribution is -0.121. The van der Waals surface area contributed by atoms with Crippen molar-refractivity contribution in [2.24, 2.45) is 0 Å². The van der Waals surface area contributed by atoms with E-state index in [4.69, 9.17) is 0 Å². The summed E-state index contributed by atoms with van der Waals surface area (Å²) in [4.78, 5) is 41.4. The number of fused-ring (bicyclic) bond motifs is 1. The molecule has 0 bridgehead atoms. The van der Waals surface area contributed by atoms with Crippen LogP contribution in [0.5, 0.6) is 0 Å². The molecule has 8 heteroatoms. The molecule has 2 heterocycles. The summed E-state index contributed by atoms with van der Waals surface area (Å²) in [5.74, 6) is -0.159. The zero-order chi connectivity index (χ0) is 23.1. The van der Waals surface area contributed by atoms with Crippen LogP contribution in [-0.4, -0.2) is 25.9 Å². The van der Waals surface area contributed by atoms with Gasteiger partial charge in [0.15, 0.2) is 5.65 Å². The number of amides is 2. The van der Waals surface area contributed by atoms with Crippen LogP contribution in [0.4, 0.5) is 11.5 Å². The quantitative estimate of drug-likeness (QED) is 0.502. The van der Waals surface area contributed by atoms with Crippen LogP contribution >= 0.6 is 0 Å². The Kier molecular flexibility index (Phi) is 7.81. The van der Waals surface area contributed by atoms with Crippen molar-refractivity contribution >= 4 is 34.5 Å². The highest BCUT2D eigenvalue weighted by atomic mass is 16.2. The first-order chi connectivity index (χ1) is 15.5. The van der Waals surface area contributed by atoms with Gasteiger partial charge in [0.2, 0.25) is 11.8 Å². The first kappa shape index (κ1) is 23.2. The Bertz CT molecular complexity index is 1140. The topological polar surface area (TPSA) is 98.0 Å². The summed E-state index contributed by atoms with van der Waals surface area (Å²) in [6, 6.07) is 11.3. The zero-order valence-corrected chi connectivity index (χ0v) is 19.0. The number of nitrogens with zero attached hydrogens (tertiary/aromatic N) is 3. The maximum Gasteiger partial charge on any atom is 0.330 e. The molecule has 0 fully saturated rings. The Labute approximate surface area is 187 Å². The summed E-state index contributed by atoms with van der Waals surface area (Å²) in [6.07, 6.45) is 3.42. The number of unbranched alkanes of at least 4 members (excludes halogenated alkanes) is 1. The van der Waals surface area contributed by atoms with Crippen LogP contribution in [-0.2, 0) is 29.1 Å². The van der Waals surface area contributed by atoms with Gasteiger partial charge in [0, 0.05) is 31.6 Å². The Hall–Kier alpha value is -3.42. The van der Waals surface area contributed by atoms with Crippen molar-refractivity contribution in [1.82, 2.24) is 14.1 Å². The van der Waals surface area contributed by atoms with Crippen molar-refractivity contribution < 1.29 is 9.59 Å². The first-order valence-corrected chi connectivity index (χ1v) is 11.3. The van der Waals surface area contributed by atoms with E-state index in [0.717, 1.165) is 30.5 Å². The van der Waals surface area contributed by atoms with E-state index in [2.05, 4.69) is 22.5 Å². The molecule has 0 saturated carbocycles. The van der Waals surface area contributed by atoms with Gasteiger partial charge in [-0.1, -0.05) is 25.5 Å². The highest BCUT2D eigenvalue weighted by molar-refractivity contribution is 5.96. The molecule has 2 amide bonds. The highest BCUT2D eigenvalue weighted by Crippen LogP contribution is 2.16. The van der Waals surface area contributed by atoms with Gasteiger partial charge in [-0.25, -0.2) is 9.78 Å². The van der Waals surface area contributed by atoms with Crippen LogP contribution < -0.4 is 16.3 Å². The smallest absolute Gasteiger partial charge is 0.326 e. The van der Waals surface area contributed by atoms with Gasteiger partial charge in [-0.2, -0.15) is 0 Å². The van der Waals surface area contributed by atoms with E-state index in [1.54, 1.807) is 21.3 Å². The van der Waals surface area contributed by atoms with E-state index in [-0.39, 0.29) is 30.3 Å². The van der Waals surface area contributed by atoms with Gasteiger partial charge in [-0.3, -0.25) is 18.7 Å². The third-order valence-corrected chi connectivity index (χ3v) is 5.40. The Morgan fingerprint density at radius 1 is 0.875 bits per heavy atom. The van der Waals surface area contributed by atoms with Gasteiger partial charge < -0.3 is 10.6 Å². The number of hydrogen-bond donors (Lipinski definition) is 2. The number of imidazole rings is 1. The van der Waals surface area contributed by atoms with Crippen LogP contribution in [0.3, 0.4) is 0 Å². The lowest BCUT2D eigenvalue weighted by Gasteiger charge is -2.08. The van der Waals surface area contributed by atoms with Crippen molar-refractivity contribution in [1.29, 1.82) is 0 Å². The average molecular weight is 438 g/mol. The molecule has 0 radical (unpaired) electrons.